The van der Waals surface area contributed by atoms with Gasteiger partial charge in [-0.1, -0.05) is 42.5 Å². The van der Waals surface area contributed by atoms with Crippen molar-refractivity contribution in [1.82, 2.24) is 9.80 Å². The van der Waals surface area contributed by atoms with Crippen molar-refractivity contribution in [3.8, 4) is 5.75 Å². The molecule has 2 fully saturated rings. The van der Waals surface area contributed by atoms with E-state index < -0.39 is 0 Å². The highest BCUT2D eigenvalue weighted by Gasteiger charge is 2.42. The number of benzene rings is 2. The third kappa shape index (κ3) is 4.50. The van der Waals surface area contributed by atoms with Crippen molar-refractivity contribution in [1.29, 1.82) is 0 Å². The van der Waals surface area contributed by atoms with Gasteiger partial charge in [0.25, 0.3) is 0 Å². The molecule has 4 rings (SSSR count). The molecular formula is C25H30N2O3. The standard InChI is InChI=1S/C25H30N2O3/c1-30-21-12-10-20(11-13-21)22-17-27(24(28)16-19-8-4-2-5-9-19)18-23(22)25(29)26-14-6-3-7-15-26/h2,4-5,8-13,22-23H,3,6-7,14-18H2,1H3. The lowest BCUT2D eigenvalue weighted by atomic mass is 9.87. The summed E-state index contributed by atoms with van der Waals surface area (Å²) in [5.74, 6) is 0.924. The van der Waals surface area contributed by atoms with Crippen LogP contribution >= 0.6 is 0 Å². The first-order valence-corrected chi connectivity index (χ1v) is 10.9. The van der Waals surface area contributed by atoms with E-state index in [1.807, 2.05) is 64.4 Å². The lowest BCUT2D eigenvalue weighted by Crippen LogP contribution is -2.42. The maximum atomic E-state index is 13.4. The summed E-state index contributed by atoms with van der Waals surface area (Å²) in [7, 11) is 1.65. The highest BCUT2D eigenvalue weighted by atomic mass is 16.5. The minimum Gasteiger partial charge on any atom is -0.497 e. The van der Waals surface area contributed by atoms with Crippen molar-refractivity contribution in [3.05, 3.63) is 65.7 Å². The first-order valence-electron chi connectivity index (χ1n) is 10.9. The van der Waals surface area contributed by atoms with E-state index in [9.17, 15) is 9.59 Å². The van der Waals surface area contributed by atoms with Crippen molar-refractivity contribution in [3.63, 3.8) is 0 Å². The fourth-order valence-electron chi connectivity index (χ4n) is 4.68. The molecular weight excluding hydrogens is 376 g/mol. The van der Waals surface area contributed by atoms with Crippen LogP contribution in [0.3, 0.4) is 0 Å². The van der Waals surface area contributed by atoms with Gasteiger partial charge in [0, 0.05) is 32.1 Å². The van der Waals surface area contributed by atoms with Gasteiger partial charge < -0.3 is 14.5 Å². The number of piperidine rings is 1. The summed E-state index contributed by atoms with van der Waals surface area (Å²) < 4.78 is 5.29. The molecule has 5 nitrogen and oxygen atoms in total. The topological polar surface area (TPSA) is 49.9 Å². The van der Waals surface area contributed by atoms with E-state index in [0.29, 0.717) is 19.5 Å². The molecule has 2 amide bonds. The van der Waals surface area contributed by atoms with Gasteiger partial charge >= 0.3 is 0 Å². The zero-order valence-corrected chi connectivity index (χ0v) is 17.6. The predicted molar refractivity (Wildman–Crippen MR) is 116 cm³/mol. The van der Waals surface area contributed by atoms with Crippen LogP contribution in [0.5, 0.6) is 5.75 Å². The van der Waals surface area contributed by atoms with Crippen LogP contribution in [0.15, 0.2) is 54.6 Å². The maximum absolute atomic E-state index is 13.4. The van der Waals surface area contributed by atoms with Crippen LogP contribution in [0.1, 0.15) is 36.3 Å². The molecule has 2 heterocycles. The van der Waals surface area contributed by atoms with Crippen LogP contribution in [0.2, 0.25) is 0 Å². The van der Waals surface area contributed by atoms with Gasteiger partial charge in [-0.3, -0.25) is 9.59 Å². The van der Waals surface area contributed by atoms with Crippen LogP contribution in [-0.4, -0.2) is 54.9 Å². The fourth-order valence-corrected chi connectivity index (χ4v) is 4.68. The highest BCUT2D eigenvalue weighted by molar-refractivity contribution is 5.84. The van der Waals surface area contributed by atoms with Gasteiger partial charge in [0.15, 0.2) is 0 Å². The molecule has 0 aromatic heterocycles. The van der Waals surface area contributed by atoms with Gasteiger partial charge in [-0.15, -0.1) is 0 Å². The second-order valence-corrected chi connectivity index (χ2v) is 8.33. The number of nitrogens with zero attached hydrogens (tertiary/aromatic N) is 2. The van der Waals surface area contributed by atoms with E-state index in [0.717, 1.165) is 42.8 Å². The minimum atomic E-state index is -0.184. The molecule has 2 aromatic rings. The van der Waals surface area contributed by atoms with Crippen molar-refractivity contribution in [2.75, 3.05) is 33.3 Å². The van der Waals surface area contributed by atoms with Gasteiger partial charge in [-0.2, -0.15) is 0 Å². The fraction of sp³-hybridized carbons (Fsp3) is 0.440. The number of ether oxygens (including phenoxy) is 1. The number of hydrogen-bond acceptors (Lipinski definition) is 3. The molecule has 2 saturated heterocycles. The Bertz CT molecular complexity index is 860. The largest absolute Gasteiger partial charge is 0.497 e. The molecule has 2 unspecified atom stereocenters. The molecule has 2 aliphatic rings. The molecule has 158 valence electrons. The molecule has 0 N–H and O–H groups in total. The number of methoxy groups -OCH3 is 1. The smallest absolute Gasteiger partial charge is 0.228 e. The maximum Gasteiger partial charge on any atom is 0.228 e. The Balaban J connectivity index is 1.54. The van der Waals surface area contributed by atoms with Gasteiger partial charge in [-0.25, -0.2) is 0 Å². The van der Waals surface area contributed by atoms with Crippen molar-refractivity contribution >= 4 is 11.8 Å². The summed E-state index contributed by atoms with van der Waals surface area (Å²) in [6, 6.07) is 17.8. The average molecular weight is 407 g/mol. The number of carbonyl (C=O) groups is 2. The first-order chi connectivity index (χ1) is 14.7. The first kappa shape index (κ1) is 20.5. The van der Waals surface area contributed by atoms with Crippen LogP contribution in [0.4, 0.5) is 0 Å². The van der Waals surface area contributed by atoms with E-state index in [4.69, 9.17) is 4.74 Å². The normalized spacial score (nSPS) is 21.5. The SMILES string of the molecule is COc1ccc(C2CN(C(=O)Cc3ccccc3)CC2C(=O)N2CCCCC2)cc1. The molecule has 0 saturated carbocycles. The second kappa shape index (κ2) is 9.33. The van der Waals surface area contributed by atoms with Gasteiger partial charge in [0.1, 0.15) is 5.75 Å². The third-order valence-electron chi connectivity index (χ3n) is 6.40. The van der Waals surface area contributed by atoms with E-state index >= 15 is 0 Å². The molecule has 0 aliphatic carbocycles. The Morgan fingerprint density at radius 3 is 2.27 bits per heavy atom. The Hall–Kier alpha value is -2.82. The molecule has 5 heteroatoms. The Morgan fingerprint density at radius 1 is 0.900 bits per heavy atom. The Kier molecular flexibility index (Phi) is 6.36. The summed E-state index contributed by atoms with van der Waals surface area (Å²) >= 11 is 0. The molecule has 2 aliphatic heterocycles. The predicted octanol–water partition coefficient (Wildman–Crippen LogP) is 3.49. The zero-order chi connectivity index (χ0) is 20.9. The van der Waals surface area contributed by atoms with Crippen molar-refractivity contribution in [2.45, 2.75) is 31.6 Å². The molecule has 0 bridgehead atoms. The monoisotopic (exact) mass is 406 g/mol. The molecule has 2 atom stereocenters. The molecule has 0 radical (unpaired) electrons. The lowest BCUT2D eigenvalue weighted by molar-refractivity contribution is -0.136. The number of amides is 2. The summed E-state index contributed by atoms with van der Waals surface area (Å²) in [5, 5.41) is 0. The number of hydrogen-bond donors (Lipinski definition) is 0. The third-order valence-corrected chi connectivity index (χ3v) is 6.40. The Morgan fingerprint density at radius 2 is 1.60 bits per heavy atom. The molecule has 0 spiro atoms. The summed E-state index contributed by atoms with van der Waals surface area (Å²) in [6.45, 7) is 2.76. The quantitative estimate of drug-likeness (QED) is 0.764. The highest BCUT2D eigenvalue weighted by Crippen LogP contribution is 2.35. The summed E-state index contributed by atoms with van der Waals surface area (Å²) in [5.41, 5.74) is 2.11. The molecule has 30 heavy (non-hydrogen) atoms. The number of rotatable bonds is 5. The van der Waals surface area contributed by atoms with Gasteiger partial charge in [0.05, 0.1) is 19.4 Å². The average Bonchev–Trinajstić information content (AvgIpc) is 3.25. The van der Waals surface area contributed by atoms with Crippen LogP contribution in [0, 0.1) is 5.92 Å². The van der Waals surface area contributed by atoms with E-state index in [1.165, 1.54) is 6.42 Å². The Labute approximate surface area is 178 Å². The van der Waals surface area contributed by atoms with Crippen LogP contribution in [0.25, 0.3) is 0 Å². The number of likely N-dealkylation sites (tertiary alicyclic amines) is 2. The van der Waals surface area contributed by atoms with E-state index in [1.54, 1.807) is 7.11 Å². The van der Waals surface area contributed by atoms with Crippen LogP contribution in [-0.2, 0) is 16.0 Å². The summed E-state index contributed by atoms with van der Waals surface area (Å²) in [4.78, 5) is 30.3. The second-order valence-electron chi connectivity index (χ2n) is 8.33. The van der Waals surface area contributed by atoms with Gasteiger partial charge in [0.2, 0.25) is 11.8 Å². The van der Waals surface area contributed by atoms with Crippen molar-refractivity contribution < 1.29 is 14.3 Å². The van der Waals surface area contributed by atoms with E-state index in [-0.39, 0.29) is 23.7 Å². The van der Waals surface area contributed by atoms with Crippen molar-refractivity contribution in [2.24, 2.45) is 5.92 Å². The minimum absolute atomic E-state index is 0.0186. The molecule has 2 aromatic carbocycles. The number of carbonyl (C=O) groups excluding carboxylic acids is 2. The van der Waals surface area contributed by atoms with Crippen LogP contribution < -0.4 is 4.74 Å². The van der Waals surface area contributed by atoms with E-state index in [2.05, 4.69) is 0 Å². The zero-order valence-electron chi connectivity index (χ0n) is 17.6. The lowest BCUT2D eigenvalue weighted by Gasteiger charge is -2.31. The van der Waals surface area contributed by atoms with Gasteiger partial charge in [-0.05, 0) is 42.5 Å². The summed E-state index contributed by atoms with van der Waals surface area (Å²) in [6.07, 6.45) is 3.71.